The van der Waals surface area contributed by atoms with Gasteiger partial charge >= 0.3 is 0 Å². The molecule has 5 nitrogen and oxygen atoms in total. The minimum Gasteiger partial charge on any atom is -0.481 e. The van der Waals surface area contributed by atoms with Crippen LogP contribution in [0.15, 0.2) is 54.7 Å². The number of pyridine rings is 1. The van der Waals surface area contributed by atoms with Crippen molar-refractivity contribution in [3.05, 3.63) is 65.3 Å². The number of amides is 1. The largest absolute Gasteiger partial charge is 0.481 e. The van der Waals surface area contributed by atoms with E-state index in [-0.39, 0.29) is 17.7 Å². The molecule has 0 saturated heterocycles. The molecule has 138 valence electrons. The van der Waals surface area contributed by atoms with Crippen molar-refractivity contribution < 1.29 is 9.53 Å². The van der Waals surface area contributed by atoms with Crippen LogP contribution < -0.4 is 10.1 Å². The van der Waals surface area contributed by atoms with Crippen molar-refractivity contribution in [3.63, 3.8) is 0 Å². The van der Waals surface area contributed by atoms with Gasteiger partial charge in [0.15, 0.2) is 0 Å². The lowest BCUT2D eigenvalue weighted by molar-refractivity contribution is -0.125. The molecule has 0 radical (unpaired) electrons. The van der Waals surface area contributed by atoms with E-state index in [1.165, 1.54) is 4.70 Å². The Balaban J connectivity index is 1.48. The predicted octanol–water partition coefficient (Wildman–Crippen LogP) is 4.07. The quantitative estimate of drug-likeness (QED) is 0.679. The lowest BCUT2D eigenvalue weighted by atomic mass is 9.82. The number of benzene rings is 1. The Morgan fingerprint density at radius 2 is 2.07 bits per heavy atom. The van der Waals surface area contributed by atoms with Crippen LogP contribution in [0, 0.1) is 5.92 Å². The van der Waals surface area contributed by atoms with E-state index >= 15 is 0 Å². The second-order valence-corrected chi connectivity index (χ2v) is 7.66. The fourth-order valence-electron chi connectivity index (χ4n) is 3.38. The van der Waals surface area contributed by atoms with Crippen LogP contribution in [0.2, 0.25) is 0 Å². The normalized spacial score (nSPS) is 19.1. The molecule has 0 spiro atoms. The van der Waals surface area contributed by atoms with Crippen LogP contribution in [0.1, 0.15) is 29.3 Å². The second kappa shape index (κ2) is 7.88. The van der Waals surface area contributed by atoms with Crippen LogP contribution in [0.3, 0.4) is 0 Å². The number of ether oxygens (including phenoxy) is 1. The molecule has 1 amide bonds. The first kappa shape index (κ1) is 17.7. The number of nitrogens with one attached hydrogen (secondary N) is 1. The lowest BCUT2D eigenvalue weighted by Gasteiger charge is -2.26. The molecule has 1 aliphatic carbocycles. The van der Waals surface area contributed by atoms with Crippen molar-refractivity contribution in [1.82, 2.24) is 15.3 Å². The standard InChI is InChI=1S/C21H21N3O2S/c1-26-19-11-10-14(12-22-19)13-23-20(25)15-6-2-3-7-16(15)21-24-17-8-4-5-9-18(17)27-21/h2-5,8-12,15-16H,6-7,13H2,1H3,(H,23,25)/t15-,16+/m0/s1. The first-order chi connectivity index (χ1) is 13.2. The first-order valence-electron chi connectivity index (χ1n) is 9.01. The summed E-state index contributed by atoms with van der Waals surface area (Å²) in [6.07, 6.45) is 7.58. The van der Waals surface area contributed by atoms with Gasteiger partial charge in [-0.2, -0.15) is 0 Å². The third-order valence-corrected chi connectivity index (χ3v) is 6.04. The van der Waals surface area contributed by atoms with Gasteiger partial charge in [0.1, 0.15) is 0 Å². The van der Waals surface area contributed by atoms with Crippen LogP contribution in [0.5, 0.6) is 5.88 Å². The number of para-hydroxylation sites is 1. The number of carbonyl (C=O) groups excluding carboxylic acids is 1. The van der Waals surface area contributed by atoms with Crippen LogP contribution in [-0.2, 0) is 11.3 Å². The average Bonchev–Trinajstić information content (AvgIpc) is 3.16. The maximum atomic E-state index is 12.9. The van der Waals surface area contributed by atoms with Crippen molar-refractivity contribution in [2.24, 2.45) is 5.92 Å². The number of fused-ring (bicyclic) bond motifs is 1. The number of thiazole rings is 1. The minimum atomic E-state index is -0.0956. The minimum absolute atomic E-state index is 0.0689. The maximum Gasteiger partial charge on any atom is 0.224 e. The Morgan fingerprint density at radius 3 is 2.85 bits per heavy atom. The molecule has 2 heterocycles. The summed E-state index contributed by atoms with van der Waals surface area (Å²) in [5, 5.41) is 4.11. The molecule has 0 fully saturated rings. The number of aromatic nitrogens is 2. The Hall–Kier alpha value is -2.73. The third-order valence-electron chi connectivity index (χ3n) is 4.87. The topological polar surface area (TPSA) is 64.1 Å². The number of hydrogen-bond acceptors (Lipinski definition) is 5. The molecule has 27 heavy (non-hydrogen) atoms. The van der Waals surface area contributed by atoms with E-state index in [9.17, 15) is 4.79 Å². The molecular formula is C21H21N3O2S. The summed E-state index contributed by atoms with van der Waals surface area (Å²) in [7, 11) is 1.59. The van der Waals surface area contributed by atoms with Gasteiger partial charge < -0.3 is 10.1 Å². The summed E-state index contributed by atoms with van der Waals surface area (Å²) in [6.45, 7) is 0.461. The first-order valence-corrected chi connectivity index (χ1v) is 9.83. The van der Waals surface area contributed by atoms with E-state index in [1.54, 1.807) is 30.7 Å². The Bertz CT molecular complexity index is 932. The summed E-state index contributed by atoms with van der Waals surface area (Å²) >= 11 is 1.69. The number of allylic oxidation sites excluding steroid dienone is 2. The summed E-state index contributed by atoms with van der Waals surface area (Å²) in [4.78, 5) is 21.8. The lowest BCUT2D eigenvalue weighted by Crippen LogP contribution is -2.34. The fourth-order valence-corrected chi connectivity index (χ4v) is 4.53. The number of carbonyl (C=O) groups is 1. The molecule has 6 heteroatoms. The van der Waals surface area contributed by atoms with E-state index in [2.05, 4.69) is 28.5 Å². The molecule has 1 aromatic carbocycles. The van der Waals surface area contributed by atoms with Crippen molar-refractivity contribution in [3.8, 4) is 5.88 Å². The number of nitrogens with zero attached hydrogens (tertiary/aromatic N) is 2. The van der Waals surface area contributed by atoms with Gasteiger partial charge in [0.05, 0.1) is 28.3 Å². The molecule has 2 atom stereocenters. The number of rotatable bonds is 5. The van der Waals surface area contributed by atoms with Gasteiger partial charge in [-0.25, -0.2) is 9.97 Å². The number of hydrogen-bond donors (Lipinski definition) is 1. The zero-order chi connectivity index (χ0) is 18.6. The van der Waals surface area contributed by atoms with Crippen molar-refractivity contribution in [1.29, 1.82) is 0 Å². The van der Waals surface area contributed by atoms with Gasteiger partial charge in [-0.05, 0) is 30.5 Å². The number of methoxy groups -OCH3 is 1. The Morgan fingerprint density at radius 1 is 1.22 bits per heavy atom. The second-order valence-electron chi connectivity index (χ2n) is 6.60. The highest BCUT2D eigenvalue weighted by atomic mass is 32.1. The summed E-state index contributed by atoms with van der Waals surface area (Å²) in [5.41, 5.74) is 1.96. The molecule has 0 saturated carbocycles. The molecule has 0 unspecified atom stereocenters. The van der Waals surface area contributed by atoms with E-state index in [0.29, 0.717) is 12.4 Å². The smallest absolute Gasteiger partial charge is 0.224 e. The zero-order valence-corrected chi connectivity index (χ0v) is 15.9. The molecule has 0 aliphatic heterocycles. The Labute approximate surface area is 162 Å². The van der Waals surface area contributed by atoms with Gasteiger partial charge in [0, 0.05) is 24.7 Å². The fraction of sp³-hybridized carbons (Fsp3) is 0.286. The monoisotopic (exact) mass is 379 g/mol. The van der Waals surface area contributed by atoms with E-state index in [0.717, 1.165) is 28.9 Å². The molecule has 3 aromatic rings. The highest BCUT2D eigenvalue weighted by molar-refractivity contribution is 7.18. The van der Waals surface area contributed by atoms with E-state index in [4.69, 9.17) is 9.72 Å². The van der Waals surface area contributed by atoms with E-state index < -0.39 is 0 Å². The molecule has 4 rings (SSSR count). The van der Waals surface area contributed by atoms with Gasteiger partial charge in [0.2, 0.25) is 11.8 Å². The van der Waals surface area contributed by atoms with Gasteiger partial charge in [-0.3, -0.25) is 4.79 Å². The summed E-state index contributed by atoms with van der Waals surface area (Å²) in [6, 6.07) is 11.9. The Kier molecular flexibility index (Phi) is 5.16. The maximum absolute atomic E-state index is 12.9. The van der Waals surface area contributed by atoms with Crippen LogP contribution in [0.4, 0.5) is 0 Å². The van der Waals surface area contributed by atoms with E-state index in [1.807, 2.05) is 24.3 Å². The van der Waals surface area contributed by atoms with Crippen LogP contribution in [0.25, 0.3) is 10.2 Å². The molecular weight excluding hydrogens is 358 g/mol. The molecule has 1 N–H and O–H groups in total. The zero-order valence-electron chi connectivity index (χ0n) is 15.1. The average molecular weight is 379 g/mol. The highest BCUT2D eigenvalue weighted by Gasteiger charge is 2.32. The van der Waals surface area contributed by atoms with Gasteiger partial charge in [-0.15, -0.1) is 11.3 Å². The summed E-state index contributed by atoms with van der Waals surface area (Å²) in [5.74, 6) is 0.668. The van der Waals surface area contributed by atoms with Crippen molar-refractivity contribution >= 4 is 27.5 Å². The van der Waals surface area contributed by atoms with Gasteiger partial charge in [0.25, 0.3) is 0 Å². The van der Waals surface area contributed by atoms with Crippen LogP contribution >= 0.6 is 11.3 Å². The third kappa shape index (κ3) is 3.85. The molecule has 1 aliphatic rings. The molecule has 2 aromatic heterocycles. The van der Waals surface area contributed by atoms with Crippen LogP contribution in [-0.4, -0.2) is 23.0 Å². The highest BCUT2D eigenvalue weighted by Crippen LogP contribution is 2.38. The molecule has 0 bridgehead atoms. The van der Waals surface area contributed by atoms with Crippen molar-refractivity contribution in [2.45, 2.75) is 25.3 Å². The van der Waals surface area contributed by atoms with Crippen molar-refractivity contribution in [2.75, 3.05) is 7.11 Å². The van der Waals surface area contributed by atoms with Gasteiger partial charge in [-0.1, -0.05) is 30.4 Å². The predicted molar refractivity (Wildman–Crippen MR) is 107 cm³/mol. The SMILES string of the molecule is COc1ccc(CNC(=O)[C@H]2CC=CC[C@H]2c2nc3ccccc3s2)cn1. The summed E-state index contributed by atoms with van der Waals surface area (Å²) < 4.78 is 6.24.